The number of aromatic nitrogens is 1. The van der Waals surface area contributed by atoms with Gasteiger partial charge in [-0.2, -0.15) is 12.6 Å². The summed E-state index contributed by atoms with van der Waals surface area (Å²) in [6.45, 7) is 8.96. The zero-order valence-corrected chi connectivity index (χ0v) is 14.6. The SMILES string of the molecule is [C-]#[N+]C(CNc1ccc(Br)cn1)OS(=O)(=O)c1ccc(C)cc1. The lowest BCUT2D eigenvalue weighted by atomic mass is 10.2. The largest absolute Gasteiger partial charge is 0.360 e. The number of rotatable bonds is 6. The van der Waals surface area contributed by atoms with Crippen molar-refractivity contribution in [1.82, 2.24) is 4.98 Å². The van der Waals surface area contributed by atoms with E-state index in [1.807, 2.05) is 6.92 Å². The standard InChI is InChI=1S/C15H14BrN3O3S/c1-11-3-6-13(7-4-11)23(20,21)22-15(17-2)10-19-14-8-5-12(16)9-18-14/h3-9,15H,10H2,1H3,(H,18,19). The van der Waals surface area contributed by atoms with E-state index < -0.39 is 16.3 Å². The molecule has 1 heterocycles. The first kappa shape index (κ1) is 17.4. The third-order valence-electron chi connectivity index (χ3n) is 2.88. The highest BCUT2D eigenvalue weighted by atomic mass is 79.9. The number of hydrogen-bond donors (Lipinski definition) is 1. The molecule has 1 aromatic carbocycles. The molecule has 0 radical (unpaired) electrons. The number of anilines is 1. The molecule has 0 amide bonds. The van der Waals surface area contributed by atoms with Crippen molar-refractivity contribution in [2.75, 3.05) is 11.9 Å². The summed E-state index contributed by atoms with van der Waals surface area (Å²) in [6.07, 6.45) is 0.422. The van der Waals surface area contributed by atoms with E-state index in [-0.39, 0.29) is 11.4 Å². The van der Waals surface area contributed by atoms with Crippen LogP contribution in [0.2, 0.25) is 0 Å². The lowest BCUT2D eigenvalue weighted by Gasteiger charge is -2.09. The summed E-state index contributed by atoms with van der Waals surface area (Å²) in [4.78, 5) is 7.31. The molecule has 1 atom stereocenters. The molecule has 2 rings (SSSR count). The average molecular weight is 396 g/mol. The van der Waals surface area contributed by atoms with Crippen LogP contribution in [0.25, 0.3) is 4.85 Å². The number of benzene rings is 1. The monoisotopic (exact) mass is 395 g/mol. The summed E-state index contributed by atoms with van der Waals surface area (Å²) in [5, 5.41) is 2.87. The Kier molecular flexibility index (Phi) is 5.71. The quantitative estimate of drug-likeness (QED) is 0.600. The fourth-order valence-corrected chi connectivity index (χ4v) is 2.90. The van der Waals surface area contributed by atoms with Gasteiger partial charge in [0.15, 0.2) is 0 Å². The van der Waals surface area contributed by atoms with Crippen LogP contribution in [0.4, 0.5) is 5.82 Å². The van der Waals surface area contributed by atoms with Crippen LogP contribution in [0.3, 0.4) is 0 Å². The predicted molar refractivity (Wildman–Crippen MR) is 90.3 cm³/mol. The van der Waals surface area contributed by atoms with Gasteiger partial charge in [0.2, 0.25) is 0 Å². The second-order valence-electron chi connectivity index (χ2n) is 4.69. The second kappa shape index (κ2) is 7.55. The highest BCUT2D eigenvalue weighted by molar-refractivity contribution is 9.10. The molecule has 0 spiro atoms. The summed E-state index contributed by atoms with van der Waals surface area (Å²) >= 11 is 3.27. The van der Waals surface area contributed by atoms with Gasteiger partial charge in [-0.1, -0.05) is 17.7 Å². The summed E-state index contributed by atoms with van der Waals surface area (Å²) in [5.41, 5.74) is 0.939. The van der Waals surface area contributed by atoms with Crippen molar-refractivity contribution in [3.63, 3.8) is 0 Å². The van der Waals surface area contributed by atoms with E-state index in [0.717, 1.165) is 10.0 Å². The molecular weight excluding hydrogens is 382 g/mol. The van der Waals surface area contributed by atoms with Crippen molar-refractivity contribution in [1.29, 1.82) is 0 Å². The smallest absolute Gasteiger partial charge is 0.359 e. The van der Waals surface area contributed by atoms with E-state index in [1.54, 1.807) is 30.5 Å². The molecule has 8 heteroatoms. The summed E-state index contributed by atoms with van der Waals surface area (Å²) in [7, 11) is -3.98. The van der Waals surface area contributed by atoms with Gasteiger partial charge in [-0.15, -0.1) is 0 Å². The molecule has 0 aliphatic heterocycles. The third-order valence-corrected chi connectivity index (χ3v) is 4.67. The van der Waals surface area contributed by atoms with E-state index in [0.29, 0.717) is 5.82 Å². The minimum absolute atomic E-state index is 0.00320. The lowest BCUT2D eigenvalue weighted by Crippen LogP contribution is -2.23. The topological polar surface area (TPSA) is 72.7 Å². The first-order chi connectivity index (χ1) is 10.9. The van der Waals surface area contributed by atoms with E-state index >= 15 is 0 Å². The molecule has 0 aliphatic carbocycles. The Morgan fingerprint density at radius 1 is 1.30 bits per heavy atom. The van der Waals surface area contributed by atoms with Gasteiger partial charge in [0, 0.05) is 10.7 Å². The zero-order valence-electron chi connectivity index (χ0n) is 12.2. The summed E-state index contributed by atoms with van der Waals surface area (Å²) in [6, 6.07) is 9.75. The van der Waals surface area contributed by atoms with E-state index in [1.165, 1.54) is 12.1 Å². The maximum Gasteiger partial charge on any atom is 0.359 e. The highest BCUT2D eigenvalue weighted by Gasteiger charge is 2.25. The molecule has 23 heavy (non-hydrogen) atoms. The first-order valence-corrected chi connectivity index (χ1v) is 8.83. The average Bonchev–Trinajstić information content (AvgIpc) is 2.53. The number of aryl methyl sites for hydroxylation is 1. The van der Waals surface area contributed by atoms with Gasteiger partial charge in [0.1, 0.15) is 12.4 Å². The molecular formula is C15H14BrN3O3S. The van der Waals surface area contributed by atoms with Gasteiger partial charge in [-0.05, 0) is 47.1 Å². The Morgan fingerprint density at radius 2 is 2.00 bits per heavy atom. The minimum atomic E-state index is -3.98. The van der Waals surface area contributed by atoms with Crippen molar-refractivity contribution >= 4 is 31.9 Å². The molecule has 120 valence electrons. The Balaban J connectivity index is 2.02. The Hall–Kier alpha value is -1.95. The van der Waals surface area contributed by atoms with Crippen LogP contribution in [-0.2, 0) is 14.3 Å². The number of pyridine rings is 1. The molecule has 1 unspecified atom stereocenters. The van der Waals surface area contributed by atoms with Crippen molar-refractivity contribution < 1.29 is 12.6 Å². The van der Waals surface area contributed by atoms with Gasteiger partial charge < -0.3 is 5.32 Å². The maximum absolute atomic E-state index is 12.2. The lowest BCUT2D eigenvalue weighted by molar-refractivity contribution is 0.265. The predicted octanol–water partition coefficient (Wildman–Crippen LogP) is 3.22. The molecule has 0 fully saturated rings. The summed E-state index contributed by atoms with van der Waals surface area (Å²) in [5.74, 6) is 0.526. The van der Waals surface area contributed by atoms with Crippen LogP contribution in [0.1, 0.15) is 5.56 Å². The molecule has 0 saturated carbocycles. The van der Waals surface area contributed by atoms with Crippen molar-refractivity contribution in [3.05, 3.63) is 64.0 Å². The number of hydrogen-bond acceptors (Lipinski definition) is 5. The van der Waals surface area contributed by atoms with Crippen LogP contribution >= 0.6 is 15.9 Å². The number of halogens is 1. The third kappa shape index (κ3) is 5.03. The van der Waals surface area contributed by atoms with Gasteiger partial charge in [-0.25, -0.2) is 11.6 Å². The summed E-state index contributed by atoms with van der Waals surface area (Å²) < 4.78 is 30.1. The van der Waals surface area contributed by atoms with Crippen molar-refractivity contribution in [2.24, 2.45) is 0 Å². The molecule has 0 saturated heterocycles. The molecule has 1 N–H and O–H groups in total. The molecule has 0 aliphatic rings. The van der Waals surface area contributed by atoms with Crippen LogP contribution < -0.4 is 5.32 Å². The van der Waals surface area contributed by atoms with Crippen molar-refractivity contribution in [3.8, 4) is 0 Å². The van der Waals surface area contributed by atoms with E-state index in [9.17, 15) is 8.42 Å². The Bertz CT molecular complexity index is 799. The van der Waals surface area contributed by atoms with Gasteiger partial charge in [0.05, 0.1) is 4.90 Å². The first-order valence-electron chi connectivity index (χ1n) is 6.62. The number of nitrogens with zero attached hydrogens (tertiary/aromatic N) is 2. The molecule has 6 nitrogen and oxygen atoms in total. The molecule has 2 aromatic rings. The molecule has 1 aromatic heterocycles. The zero-order chi connectivity index (χ0) is 16.9. The van der Waals surface area contributed by atoms with Gasteiger partial charge in [-0.3, -0.25) is 4.85 Å². The van der Waals surface area contributed by atoms with Gasteiger partial charge in [0.25, 0.3) is 0 Å². The minimum Gasteiger partial charge on any atom is -0.360 e. The van der Waals surface area contributed by atoms with Crippen LogP contribution in [0, 0.1) is 13.5 Å². The van der Waals surface area contributed by atoms with Crippen LogP contribution in [0.15, 0.2) is 52.0 Å². The maximum atomic E-state index is 12.2. The second-order valence-corrected chi connectivity index (χ2v) is 7.18. The van der Waals surface area contributed by atoms with Gasteiger partial charge >= 0.3 is 16.3 Å². The fraction of sp³-hybridized carbons (Fsp3) is 0.200. The highest BCUT2D eigenvalue weighted by Crippen LogP contribution is 2.16. The fourth-order valence-electron chi connectivity index (χ4n) is 1.68. The number of nitrogens with one attached hydrogen (secondary N) is 1. The van der Waals surface area contributed by atoms with Crippen LogP contribution in [-0.4, -0.2) is 26.2 Å². The van der Waals surface area contributed by atoms with E-state index in [2.05, 4.69) is 31.1 Å². The normalized spacial score (nSPS) is 12.4. The van der Waals surface area contributed by atoms with Crippen molar-refractivity contribution in [2.45, 2.75) is 18.0 Å². The van der Waals surface area contributed by atoms with Crippen LogP contribution in [0.5, 0.6) is 0 Å². The Morgan fingerprint density at radius 3 is 2.57 bits per heavy atom. The van der Waals surface area contributed by atoms with E-state index in [4.69, 9.17) is 10.8 Å². The Labute approximate surface area is 143 Å². The molecule has 0 bridgehead atoms.